The van der Waals surface area contributed by atoms with Crippen LogP contribution in [-0.4, -0.2) is 4.57 Å². The Hall–Kier alpha value is -5.07. The van der Waals surface area contributed by atoms with E-state index in [1.807, 2.05) is 54.6 Å². The first kappa shape index (κ1) is 26.5. The van der Waals surface area contributed by atoms with Crippen LogP contribution in [0.25, 0.3) is 22.5 Å². The van der Waals surface area contributed by atoms with Gasteiger partial charge in [0.15, 0.2) is 4.80 Å². The number of thiazole rings is 1. The zero-order chi connectivity index (χ0) is 29.6. The summed E-state index contributed by atoms with van der Waals surface area (Å²) in [5, 5.41) is 2.33. The molecule has 0 bridgehead atoms. The summed E-state index contributed by atoms with van der Waals surface area (Å²) in [6, 6.07) is 36.8. The molecule has 0 spiro atoms. The fraction of sp³-hybridized carbons (Fsp3) is 0.105. The lowest BCUT2D eigenvalue weighted by atomic mass is 9.83. The first-order chi connectivity index (χ1) is 21.6. The third kappa shape index (κ3) is 4.59. The number of halogens is 1. The number of para-hydroxylation sites is 1. The molecule has 1 aromatic heterocycles. The number of hydrogen-bond donors (Lipinski definition) is 0. The van der Waals surface area contributed by atoms with Crippen LogP contribution < -0.4 is 19.6 Å². The Morgan fingerprint density at radius 2 is 1.64 bits per heavy atom. The van der Waals surface area contributed by atoms with Gasteiger partial charge in [-0.05, 0) is 70.2 Å². The largest absolute Gasteiger partial charge is 0.488 e. The molecule has 0 unspecified atom stereocenters. The van der Waals surface area contributed by atoms with Crippen LogP contribution in [-0.2, 0) is 13.0 Å². The van der Waals surface area contributed by atoms with Gasteiger partial charge in [-0.3, -0.25) is 9.36 Å². The second-order valence-electron chi connectivity index (χ2n) is 11.1. The van der Waals surface area contributed by atoms with E-state index in [9.17, 15) is 9.18 Å². The number of aryl methyl sites for hydroxylation is 1. The first-order valence-corrected chi connectivity index (χ1v) is 15.5. The molecule has 1 aliphatic carbocycles. The minimum absolute atomic E-state index is 0.114. The molecule has 0 saturated heterocycles. The molecule has 1 atom stereocenters. The second-order valence-corrected chi connectivity index (χ2v) is 12.1. The summed E-state index contributed by atoms with van der Waals surface area (Å²) in [6.45, 7) is 0.407. The van der Waals surface area contributed by atoms with E-state index in [1.165, 1.54) is 34.4 Å². The van der Waals surface area contributed by atoms with Crippen LogP contribution in [0, 0.1) is 5.82 Å². The standard InChI is InChI=1S/C38H27FN2O2S/c39-29-19-16-26(17-20-29)36-32-21-18-25-9-2-5-14-31(25)35(32)40-38-41(36)37(42)34(44-38)22-27-10-3-6-15-33(27)43-23-28-12-7-11-24-8-1-4-13-30(24)28/h1-17,19-20,22,36H,18,21,23H2/b34-22-/t36-/m0/s1. The van der Waals surface area contributed by atoms with Crippen molar-refractivity contribution in [3.63, 3.8) is 0 Å². The number of rotatable bonds is 5. The van der Waals surface area contributed by atoms with E-state index in [1.54, 1.807) is 16.7 Å². The van der Waals surface area contributed by atoms with Crippen LogP contribution in [0.15, 0.2) is 131 Å². The van der Waals surface area contributed by atoms with Gasteiger partial charge in [0.25, 0.3) is 5.56 Å². The van der Waals surface area contributed by atoms with Gasteiger partial charge in [-0.15, -0.1) is 0 Å². The highest BCUT2D eigenvalue weighted by molar-refractivity contribution is 7.07. The molecule has 5 aromatic carbocycles. The molecular formula is C38H27FN2O2S. The molecule has 6 heteroatoms. The normalized spacial score (nSPS) is 15.8. The Bertz CT molecular complexity index is 2280. The molecule has 2 aliphatic rings. The van der Waals surface area contributed by atoms with Crippen molar-refractivity contribution >= 4 is 33.9 Å². The number of hydrogen-bond acceptors (Lipinski definition) is 4. The highest BCUT2D eigenvalue weighted by Gasteiger charge is 2.32. The second kappa shape index (κ2) is 10.9. The van der Waals surface area contributed by atoms with Crippen LogP contribution in [0.5, 0.6) is 5.75 Å². The lowest BCUT2D eigenvalue weighted by Crippen LogP contribution is -2.38. The van der Waals surface area contributed by atoms with Crippen LogP contribution in [0.1, 0.15) is 40.3 Å². The molecule has 0 fully saturated rings. The Balaban J connectivity index is 1.23. The van der Waals surface area contributed by atoms with Crippen molar-refractivity contribution in [2.45, 2.75) is 25.5 Å². The zero-order valence-corrected chi connectivity index (χ0v) is 24.6. The molecule has 6 aromatic rings. The predicted octanol–water partition coefficient (Wildman–Crippen LogP) is 7.19. The fourth-order valence-corrected chi connectivity index (χ4v) is 7.41. The summed E-state index contributed by atoms with van der Waals surface area (Å²) in [7, 11) is 0. The molecule has 214 valence electrons. The van der Waals surface area contributed by atoms with Crippen LogP contribution in [0.2, 0.25) is 0 Å². The molecule has 44 heavy (non-hydrogen) atoms. The Kier molecular flexibility index (Phi) is 6.57. The number of ether oxygens (including phenoxy) is 1. The smallest absolute Gasteiger partial charge is 0.271 e. The first-order valence-electron chi connectivity index (χ1n) is 14.7. The molecular weight excluding hydrogens is 567 g/mol. The van der Waals surface area contributed by atoms with Gasteiger partial charge in [0.05, 0.1) is 16.3 Å². The van der Waals surface area contributed by atoms with Gasteiger partial charge in [-0.25, -0.2) is 9.38 Å². The third-order valence-electron chi connectivity index (χ3n) is 8.53. The van der Waals surface area contributed by atoms with Crippen molar-refractivity contribution in [3.05, 3.63) is 174 Å². The van der Waals surface area contributed by atoms with E-state index in [4.69, 9.17) is 9.73 Å². The third-order valence-corrected chi connectivity index (χ3v) is 9.51. The highest BCUT2D eigenvalue weighted by Crippen LogP contribution is 2.41. The van der Waals surface area contributed by atoms with Gasteiger partial charge in [-0.2, -0.15) is 0 Å². The average Bonchev–Trinajstić information content (AvgIpc) is 3.37. The Labute approximate surface area is 257 Å². The van der Waals surface area contributed by atoms with Gasteiger partial charge >= 0.3 is 0 Å². The topological polar surface area (TPSA) is 43.6 Å². The van der Waals surface area contributed by atoms with Crippen molar-refractivity contribution in [1.82, 2.24) is 4.57 Å². The van der Waals surface area contributed by atoms with Gasteiger partial charge in [-0.1, -0.05) is 108 Å². The maximum absolute atomic E-state index is 14.2. The minimum Gasteiger partial charge on any atom is -0.488 e. The summed E-state index contributed by atoms with van der Waals surface area (Å²) in [5.74, 6) is 0.402. The SMILES string of the molecule is O=c1/c(=C/c2ccccc2OCc2cccc3ccccc23)sc2n1[C@@H](c1ccc(F)cc1)C1=C(N=2)c2ccccc2CC1. The monoisotopic (exact) mass is 594 g/mol. The van der Waals surface area contributed by atoms with E-state index in [0.29, 0.717) is 21.7 Å². The van der Waals surface area contributed by atoms with Gasteiger partial charge in [0.1, 0.15) is 18.2 Å². The van der Waals surface area contributed by atoms with Crippen molar-refractivity contribution in [2.24, 2.45) is 4.99 Å². The lowest BCUT2D eigenvalue weighted by molar-refractivity contribution is 0.307. The maximum Gasteiger partial charge on any atom is 0.271 e. The molecule has 0 saturated carbocycles. The minimum atomic E-state index is -0.352. The van der Waals surface area contributed by atoms with Gasteiger partial charge in [0.2, 0.25) is 0 Å². The number of fused-ring (bicyclic) bond motifs is 4. The van der Waals surface area contributed by atoms with Crippen molar-refractivity contribution < 1.29 is 9.13 Å². The summed E-state index contributed by atoms with van der Waals surface area (Å²) >= 11 is 1.38. The van der Waals surface area contributed by atoms with E-state index >= 15 is 0 Å². The average molecular weight is 595 g/mol. The Morgan fingerprint density at radius 3 is 2.55 bits per heavy atom. The summed E-state index contributed by atoms with van der Waals surface area (Å²) in [4.78, 5) is 19.9. The van der Waals surface area contributed by atoms with Crippen molar-refractivity contribution in [1.29, 1.82) is 0 Å². The highest BCUT2D eigenvalue weighted by atomic mass is 32.1. The summed E-state index contributed by atoms with van der Waals surface area (Å²) in [6.07, 6.45) is 3.56. The number of benzene rings is 5. The molecule has 4 nitrogen and oxygen atoms in total. The van der Waals surface area contributed by atoms with E-state index in [-0.39, 0.29) is 17.4 Å². The number of aromatic nitrogens is 1. The van der Waals surface area contributed by atoms with Gasteiger partial charge in [0, 0.05) is 11.1 Å². The molecule has 1 aliphatic heterocycles. The van der Waals surface area contributed by atoms with E-state index < -0.39 is 0 Å². The molecule has 8 rings (SSSR count). The summed E-state index contributed by atoms with van der Waals surface area (Å²) in [5.41, 5.74) is 7.06. The Morgan fingerprint density at radius 1 is 0.864 bits per heavy atom. The molecule has 2 heterocycles. The molecule has 0 radical (unpaired) electrons. The van der Waals surface area contributed by atoms with Crippen molar-refractivity contribution in [3.8, 4) is 5.75 Å². The van der Waals surface area contributed by atoms with Gasteiger partial charge < -0.3 is 4.74 Å². The zero-order valence-electron chi connectivity index (χ0n) is 23.7. The summed E-state index contributed by atoms with van der Waals surface area (Å²) < 4.78 is 22.7. The van der Waals surface area contributed by atoms with Crippen LogP contribution in [0.4, 0.5) is 4.39 Å². The number of nitrogens with zero attached hydrogens (tertiary/aromatic N) is 2. The number of allylic oxidation sites excluding steroid dienone is 1. The van der Waals surface area contributed by atoms with Crippen LogP contribution >= 0.6 is 11.3 Å². The van der Waals surface area contributed by atoms with E-state index in [2.05, 4.69) is 42.5 Å². The van der Waals surface area contributed by atoms with Crippen LogP contribution in [0.3, 0.4) is 0 Å². The molecule has 0 amide bonds. The fourth-order valence-electron chi connectivity index (χ4n) is 6.41. The quantitative estimate of drug-likeness (QED) is 0.212. The maximum atomic E-state index is 14.2. The van der Waals surface area contributed by atoms with Crippen molar-refractivity contribution in [2.75, 3.05) is 0 Å². The van der Waals surface area contributed by atoms with E-state index in [0.717, 1.165) is 51.8 Å². The molecule has 0 N–H and O–H groups in total. The predicted molar refractivity (Wildman–Crippen MR) is 174 cm³/mol. The lowest BCUT2D eigenvalue weighted by Gasteiger charge is -2.30.